The highest BCUT2D eigenvalue weighted by atomic mass is 32.1. The number of aromatic carboxylic acids is 1. The predicted molar refractivity (Wildman–Crippen MR) is 82.5 cm³/mol. The maximum atomic E-state index is 10.9. The van der Waals surface area contributed by atoms with Crippen LogP contribution in [0.2, 0.25) is 0 Å². The van der Waals surface area contributed by atoms with Crippen molar-refractivity contribution in [3.05, 3.63) is 52.7 Å². The van der Waals surface area contributed by atoms with E-state index in [0.29, 0.717) is 6.54 Å². The van der Waals surface area contributed by atoms with Crippen LogP contribution in [0.15, 0.2) is 35.7 Å². The molecule has 1 aromatic carbocycles. The number of hydrogen-bond donors (Lipinski definition) is 2. The van der Waals surface area contributed by atoms with Gasteiger partial charge in [-0.2, -0.15) is 5.10 Å². The number of hydrogen-bond acceptors (Lipinski definition) is 4. The van der Waals surface area contributed by atoms with E-state index < -0.39 is 5.97 Å². The van der Waals surface area contributed by atoms with Crippen molar-refractivity contribution < 1.29 is 9.90 Å². The topological polar surface area (TPSA) is 67.2 Å². The molecule has 21 heavy (non-hydrogen) atoms. The summed E-state index contributed by atoms with van der Waals surface area (Å²) in [6, 6.07) is 10.1. The average molecular weight is 301 g/mol. The van der Waals surface area contributed by atoms with Crippen LogP contribution >= 0.6 is 11.3 Å². The number of thiophene rings is 1. The molecule has 0 aliphatic rings. The monoisotopic (exact) mass is 301 g/mol. The Kier molecular flexibility index (Phi) is 3.72. The smallest absolute Gasteiger partial charge is 0.356 e. The van der Waals surface area contributed by atoms with E-state index >= 15 is 0 Å². The number of aromatic nitrogens is 2. The Hall–Kier alpha value is -2.18. The molecule has 0 aliphatic heterocycles. The van der Waals surface area contributed by atoms with Crippen LogP contribution in [0.3, 0.4) is 0 Å². The normalized spacial score (nSPS) is 11.1. The number of fused-ring (bicyclic) bond motifs is 1. The third-order valence-electron chi connectivity index (χ3n) is 3.35. The van der Waals surface area contributed by atoms with Crippen molar-refractivity contribution >= 4 is 27.4 Å². The summed E-state index contributed by atoms with van der Waals surface area (Å²) < 4.78 is 2.88. The molecule has 0 atom stereocenters. The number of nitrogens with one attached hydrogen (secondary N) is 1. The molecule has 3 aromatic rings. The number of benzene rings is 1. The van der Waals surface area contributed by atoms with E-state index in [1.165, 1.54) is 15.6 Å². The van der Waals surface area contributed by atoms with E-state index in [1.54, 1.807) is 29.1 Å². The zero-order valence-electron chi connectivity index (χ0n) is 11.5. The molecule has 0 aliphatic carbocycles. The maximum Gasteiger partial charge on any atom is 0.356 e. The first-order valence-electron chi connectivity index (χ1n) is 6.56. The lowest BCUT2D eigenvalue weighted by Gasteiger charge is -2.05. The van der Waals surface area contributed by atoms with Gasteiger partial charge in [-0.1, -0.05) is 6.07 Å². The van der Waals surface area contributed by atoms with Crippen molar-refractivity contribution in [2.24, 2.45) is 7.05 Å². The highest BCUT2D eigenvalue weighted by Gasteiger charge is 2.10. The summed E-state index contributed by atoms with van der Waals surface area (Å²) in [5.74, 6) is -1.00. The summed E-state index contributed by atoms with van der Waals surface area (Å²) in [5.41, 5.74) is 2.14. The number of carboxylic acids is 1. The third-order valence-corrected chi connectivity index (χ3v) is 4.25. The van der Waals surface area contributed by atoms with Crippen LogP contribution < -0.4 is 5.32 Å². The first-order chi connectivity index (χ1) is 10.1. The Bertz CT molecular complexity index is 791. The van der Waals surface area contributed by atoms with Gasteiger partial charge in [-0.05, 0) is 40.6 Å². The van der Waals surface area contributed by atoms with Gasteiger partial charge in [-0.3, -0.25) is 4.68 Å². The van der Waals surface area contributed by atoms with Gasteiger partial charge in [0, 0.05) is 24.8 Å². The van der Waals surface area contributed by atoms with E-state index in [0.717, 1.165) is 12.2 Å². The zero-order valence-corrected chi connectivity index (χ0v) is 12.4. The van der Waals surface area contributed by atoms with E-state index in [1.807, 2.05) is 0 Å². The minimum Gasteiger partial charge on any atom is -0.476 e. The molecule has 3 rings (SSSR count). The van der Waals surface area contributed by atoms with E-state index in [2.05, 4.69) is 40.1 Å². The van der Waals surface area contributed by atoms with Crippen molar-refractivity contribution in [1.82, 2.24) is 15.1 Å². The Labute approximate surface area is 125 Å². The first kappa shape index (κ1) is 13.8. The van der Waals surface area contributed by atoms with Gasteiger partial charge < -0.3 is 10.4 Å². The summed E-state index contributed by atoms with van der Waals surface area (Å²) >= 11 is 1.74. The molecule has 0 saturated carbocycles. The third kappa shape index (κ3) is 2.96. The lowest BCUT2D eigenvalue weighted by atomic mass is 10.1. The van der Waals surface area contributed by atoms with Crippen molar-refractivity contribution in [1.29, 1.82) is 0 Å². The number of rotatable bonds is 5. The summed E-state index contributed by atoms with van der Waals surface area (Å²) in [4.78, 5) is 10.9. The van der Waals surface area contributed by atoms with Crippen molar-refractivity contribution in [2.45, 2.75) is 13.1 Å². The molecule has 0 fully saturated rings. The van der Waals surface area contributed by atoms with E-state index in [9.17, 15) is 4.79 Å². The van der Waals surface area contributed by atoms with Gasteiger partial charge in [0.05, 0.1) is 5.69 Å². The SMILES string of the molecule is Cn1nc(C(=O)O)cc1CNCc1ccc2sccc2c1. The number of carbonyl (C=O) groups is 1. The molecule has 5 nitrogen and oxygen atoms in total. The van der Waals surface area contributed by atoms with Crippen molar-refractivity contribution in [3.63, 3.8) is 0 Å². The van der Waals surface area contributed by atoms with Crippen LogP contribution in [0.1, 0.15) is 21.7 Å². The molecular formula is C15H15N3O2S. The second-order valence-corrected chi connectivity index (χ2v) is 5.79. The molecule has 0 amide bonds. The summed E-state index contributed by atoms with van der Waals surface area (Å²) in [7, 11) is 1.75. The maximum absolute atomic E-state index is 10.9. The minimum absolute atomic E-state index is 0.0778. The second kappa shape index (κ2) is 5.67. The lowest BCUT2D eigenvalue weighted by Crippen LogP contribution is -2.15. The van der Waals surface area contributed by atoms with E-state index in [4.69, 9.17) is 5.11 Å². The van der Waals surface area contributed by atoms with Crippen molar-refractivity contribution in [2.75, 3.05) is 0 Å². The molecule has 0 unspecified atom stereocenters. The molecule has 2 heterocycles. The standard InChI is InChI=1S/C15H15N3O2S/c1-18-12(7-13(17-18)15(19)20)9-16-8-10-2-3-14-11(6-10)4-5-21-14/h2-7,16H,8-9H2,1H3,(H,19,20). The lowest BCUT2D eigenvalue weighted by molar-refractivity contribution is 0.0689. The van der Waals surface area contributed by atoms with Gasteiger partial charge in [0.15, 0.2) is 5.69 Å². The van der Waals surface area contributed by atoms with Crippen molar-refractivity contribution in [3.8, 4) is 0 Å². The fraction of sp³-hybridized carbons (Fsp3) is 0.200. The second-order valence-electron chi connectivity index (χ2n) is 4.85. The quantitative estimate of drug-likeness (QED) is 0.760. The molecule has 6 heteroatoms. The Morgan fingerprint density at radius 2 is 2.19 bits per heavy atom. The number of aryl methyl sites for hydroxylation is 1. The molecule has 108 valence electrons. The van der Waals surface area contributed by atoms with Gasteiger partial charge in [0.2, 0.25) is 0 Å². The van der Waals surface area contributed by atoms with E-state index in [-0.39, 0.29) is 5.69 Å². The zero-order chi connectivity index (χ0) is 14.8. The van der Waals surface area contributed by atoms with Gasteiger partial charge in [-0.25, -0.2) is 4.79 Å². The molecule has 0 bridgehead atoms. The minimum atomic E-state index is -1.00. The van der Waals surface area contributed by atoms with Crippen LogP contribution in [-0.2, 0) is 20.1 Å². The molecule has 0 radical (unpaired) electrons. The fourth-order valence-corrected chi connectivity index (χ4v) is 3.01. The highest BCUT2D eigenvalue weighted by Crippen LogP contribution is 2.21. The molecule has 0 spiro atoms. The molecular weight excluding hydrogens is 286 g/mol. The average Bonchev–Trinajstić information content (AvgIpc) is 3.05. The summed E-state index contributed by atoms with van der Waals surface area (Å²) in [6.07, 6.45) is 0. The van der Waals surface area contributed by atoms with Crippen LogP contribution in [0.5, 0.6) is 0 Å². The predicted octanol–water partition coefficient (Wildman–Crippen LogP) is 2.62. The Balaban J connectivity index is 1.64. The highest BCUT2D eigenvalue weighted by molar-refractivity contribution is 7.17. The van der Waals surface area contributed by atoms with Crippen LogP contribution in [-0.4, -0.2) is 20.9 Å². The number of nitrogens with zero attached hydrogens (tertiary/aromatic N) is 2. The van der Waals surface area contributed by atoms with Crippen LogP contribution in [0.4, 0.5) is 0 Å². The largest absolute Gasteiger partial charge is 0.476 e. The van der Waals surface area contributed by atoms with Gasteiger partial charge in [0.25, 0.3) is 0 Å². The Morgan fingerprint density at radius 3 is 2.95 bits per heavy atom. The summed E-state index contributed by atoms with van der Waals surface area (Å²) in [6.45, 7) is 1.32. The molecule has 2 aromatic heterocycles. The van der Waals surface area contributed by atoms with Gasteiger partial charge >= 0.3 is 5.97 Å². The first-order valence-corrected chi connectivity index (χ1v) is 7.44. The van der Waals surface area contributed by atoms with Gasteiger partial charge in [-0.15, -0.1) is 11.3 Å². The van der Waals surface area contributed by atoms with Crippen LogP contribution in [0, 0.1) is 0 Å². The fourth-order valence-electron chi connectivity index (χ4n) is 2.24. The molecule has 0 saturated heterocycles. The molecule has 2 N–H and O–H groups in total. The Morgan fingerprint density at radius 1 is 1.33 bits per heavy atom. The van der Waals surface area contributed by atoms with Crippen LogP contribution in [0.25, 0.3) is 10.1 Å². The number of carboxylic acid groups (broad SMARTS) is 1. The summed E-state index contributed by atoms with van der Waals surface area (Å²) in [5, 5.41) is 19.5. The van der Waals surface area contributed by atoms with Gasteiger partial charge in [0.1, 0.15) is 0 Å².